The Balaban J connectivity index is 1.60. The van der Waals surface area contributed by atoms with Crippen LogP contribution in [0.15, 0.2) is 12.2 Å². The van der Waals surface area contributed by atoms with Crippen LogP contribution in [0.25, 0.3) is 0 Å². The van der Waals surface area contributed by atoms with Gasteiger partial charge < -0.3 is 63.2 Å². The first-order chi connectivity index (χ1) is 24.9. The second-order valence-corrected chi connectivity index (χ2v) is 16.0. The zero-order valence-electron chi connectivity index (χ0n) is 33.2. The van der Waals surface area contributed by atoms with Gasteiger partial charge in [0.15, 0.2) is 18.4 Å². The van der Waals surface area contributed by atoms with Crippen LogP contribution in [0.3, 0.4) is 0 Å². The minimum atomic E-state index is -1.22. The fraction of sp³-hybridized carbons (Fsp3) is 0.895. The van der Waals surface area contributed by atoms with Crippen molar-refractivity contribution in [2.45, 2.75) is 159 Å². The smallest absolute Gasteiger partial charge is 0.308 e. The molecule has 53 heavy (non-hydrogen) atoms. The molecule has 15 nitrogen and oxygen atoms in total. The molecule has 0 unspecified atom stereocenters. The molecular formula is C38H65NO14. The van der Waals surface area contributed by atoms with Crippen molar-refractivity contribution in [2.24, 2.45) is 23.7 Å². The quantitative estimate of drug-likeness (QED) is 0.193. The number of methoxy groups -OCH3 is 2. The first-order valence-electron chi connectivity index (χ1n) is 19.0. The van der Waals surface area contributed by atoms with Crippen LogP contribution < -0.4 is 0 Å². The molecule has 0 aromatic heterocycles. The number of fused-ring (bicyclic) bond motifs is 1. The zero-order chi connectivity index (χ0) is 39.5. The van der Waals surface area contributed by atoms with E-state index in [9.17, 15) is 30.0 Å². The molecule has 0 radical (unpaired) electrons. The van der Waals surface area contributed by atoms with E-state index in [0.29, 0.717) is 12.8 Å². The molecule has 0 saturated carbocycles. The molecule has 3 saturated heterocycles. The summed E-state index contributed by atoms with van der Waals surface area (Å²) in [7, 11) is 6.45. The molecule has 4 N–H and O–H groups in total. The Bertz CT molecular complexity index is 1240. The van der Waals surface area contributed by atoms with Gasteiger partial charge in [-0.3, -0.25) is 9.59 Å². The van der Waals surface area contributed by atoms with Gasteiger partial charge in [-0.15, -0.1) is 0 Å². The average Bonchev–Trinajstić information content (AvgIpc) is 3.77. The van der Waals surface area contributed by atoms with E-state index in [4.69, 9.17) is 37.9 Å². The Morgan fingerprint density at radius 1 is 0.887 bits per heavy atom. The lowest BCUT2D eigenvalue weighted by Crippen LogP contribution is -2.63. The van der Waals surface area contributed by atoms with Crippen molar-refractivity contribution in [3.05, 3.63) is 12.2 Å². The average molecular weight is 760 g/mol. The molecule has 0 bridgehead atoms. The summed E-state index contributed by atoms with van der Waals surface area (Å²) in [6.07, 6.45) is -7.36. The van der Waals surface area contributed by atoms with E-state index < -0.39 is 115 Å². The van der Waals surface area contributed by atoms with Crippen molar-refractivity contribution < 1.29 is 67.9 Å². The highest BCUT2D eigenvalue weighted by Gasteiger charge is 2.58. The van der Waals surface area contributed by atoms with E-state index in [1.165, 1.54) is 20.3 Å². The Hall–Kier alpha value is -1.60. The lowest BCUT2D eigenvalue weighted by atomic mass is 9.82. The van der Waals surface area contributed by atoms with Crippen molar-refractivity contribution in [1.82, 2.24) is 4.90 Å². The number of esters is 1. The summed E-state index contributed by atoms with van der Waals surface area (Å²) in [5.41, 5.74) is -0.850. The van der Waals surface area contributed by atoms with Gasteiger partial charge in [0, 0.05) is 32.0 Å². The third-order valence-corrected chi connectivity index (χ3v) is 11.7. The fourth-order valence-electron chi connectivity index (χ4n) is 8.27. The number of ketones is 1. The minimum absolute atomic E-state index is 0.0190. The highest BCUT2D eigenvalue weighted by Crippen LogP contribution is 2.45. The van der Waals surface area contributed by atoms with E-state index in [2.05, 4.69) is 0 Å². The molecule has 4 rings (SSSR count). The Labute approximate surface area is 314 Å². The largest absolute Gasteiger partial charge is 0.462 e. The number of carbonyl (C=O) groups is 2. The van der Waals surface area contributed by atoms with Crippen molar-refractivity contribution in [2.75, 3.05) is 34.9 Å². The number of allylic oxidation sites excluding steroid dienone is 1. The molecular weight excluding hydrogens is 694 g/mol. The van der Waals surface area contributed by atoms with Crippen molar-refractivity contribution in [3.63, 3.8) is 0 Å². The lowest BCUT2D eigenvalue weighted by molar-refractivity contribution is -0.305. The number of ether oxygens (including phenoxy) is 8. The number of hydrogen-bond donors (Lipinski definition) is 4. The summed E-state index contributed by atoms with van der Waals surface area (Å²) in [6.45, 7) is 12.6. The van der Waals surface area contributed by atoms with E-state index >= 15 is 0 Å². The number of rotatable bonds is 9. The predicted octanol–water partition coefficient (Wildman–Crippen LogP) is 1.20. The van der Waals surface area contributed by atoms with Crippen molar-refractivity contribution in [3.8, 4) is 0 Å². The maximum absolute atomic E-state index is 13.6. The summed E-state index contributed by atoms with van der Waals surface area (Å²) >= 11 is 0. The molecule has 3 fully saturated rings. The lowest BCUT2D eigenvalue weighted by Gasteiger charge is -2.46. The molecule has 19 atom stereocenters. The third-order valence-electron chi connectivity index (χ3n) is 11.7. The van der Waals surface area contributed by atoms with Gasteiger partial charge in [0.1, 0.15) is 36.1 Å². The summed E-state index contributed by atoms with van der Waals surface area (Å²) in [5.74, 6) is -2.68. The van der Waals surface area contributed by atoms with Crippen LogP contribution in [0, 0.1) is 23.7 Å². The minimum Gasteiger partial charge on any atom is -0.462 e. The van der Waals surface area contributed by atoms with E-state index in [1.807, 2.05) is 27.7 Å². The number of aliphatic hydroxyl groups is 4. The Morgan fingerprint density at radius 2 is 1.51 bits per heavy atom. The third kappa shape index (κ3) is 10.0. The normalized spacial score (nSPS) is 48.2. The Kier molecular flexibility index (Phi) is 15.5. The predicted molar refractivity (Wildman–Crippen MR) is 190 cm³/mol. The number of carbonyl (C=O) groups excluding carboxylic acids is 2. The molecule has 0 aromatic carbocycles. The molecule has 4 aliphatic rings. The second-order valence-electron chi connectivity index (χ2n) is 16.0. The summed E-state index contributed by atoms with van der Waals surface area (Å²) in [4.78, 5) is 28.8. The van der Waals surface area contributed by atoms with Gasteiger partial charge in [0.05, 0.1) is 55.7 Å². The monoisotopic (exact) mass is 759 g/mol. The van der Waals surface area contributed by atoms with Gasteiger partial charge in [-0.1, -0.05) is 27.7 Å². The topological polar surface area (TPSA) is 195 Å². The van der Waals surface area contributed by atoms with Gasteiger partial charge in [-0.05, 0) is 65.8 Å². The van der Waals surface area contributed by atoms with Crippen LogP contribution in [0.5, 0.6) is 0 Å². The molecule has 0 aliphatic carbocycles. The van der Waals surface area contributed by atoms with E-state index in [0.717, 1.165) is 0 Å². The summed E-state index contributed by atoms with van der Waals surface area (Å²) < 4.78 is 48.1. The number of likely N-dealkylation sites (N-methyl/N-ethyl adjacent to an activating group) is 1. The standard InChI is InChI=1S/C38H65NO14/c1-12-26-23(17-48-37-34(47-11)33(46-10)30(44)22(6)50-37)35-38(7,53-35)14-13-24(40)18(2)15-19(3)32(20(4)25(41)16-27(42)51-26)52-36-31(45)28(39(8)9)29(43)21(5)49-36/h13-14,18-23,25-26,28-37,41,43-45H,12,15-17H2,1-11H3/b14-13+/t18-,19+,20+,21-,22-,23-,25-,26-,28+,29-,30-,31-,32+,33-,34-,35+,36+,37-,38+/m1/s1. The highest BCUT2D eigenvalue weighted by atomic mass is 16.7. The summed E-state index contributed by atoms with van der Waals surface area (Å²) in [6, 6.07) is -0.676. The molecule has 306 valence electrons. The van der Waals surface area contributed by atoms with Gasteiger partial charge >= 0.3 is 5.97 Å². The van der Waals surface area contributed by atoms with Crippen LogP contribution in [-0.4, -0.2) is 163 Å². The maximum atomic E-state index is 13.6. The second kappa shape index (κ2) is 18.6. The first kappa shape index (κ1) is 44.1. The van der Waals surface area contributed by atoms with E-state index in [-0.39, 0.29) is 24.7 Å². The SMILES string of the molecule is CC[C@H]1OC(=O)C[C@@H](O)[C@H](C)[C@@H](O[C@@H]2O[C@H](C)[C@@H](O)[C@H](N(C)C)[C@H]2O)[C@@H](C)C[C@@H](C)C(=O)/C=C/[C@]2(C)O[C@H]2[C@@H]1CO[C@@H]1O[C@H](C)[C@@H](O)[C@@H](OC)[C@H]1OC. The molecule has 0 aromatic rings. The van der Waals surface area contributed by atoms with Crippen LogP contribution >= 0.6 is 0 Å². The van der Waals surface area contributed by atoms with Crippen molar-refractivity contribution in [1.29, 1.82) is 0 Å². The van der Waals surface area contributed by atoms with E-state index in [1.54, 1.807) is 45.8 Å². The number of nitrogens with zero attached hydrogens (tertiary/aromatic N) is 1. The van der Waals surface area contributed by atoms with Gasteiger partial charge in [-0.2, -0.15) is 0 Å². The van der Waals surface area contributed by atoms with Gasteiger partial charge in [0.2, 0.25) is 0 Å². The molecule has 0 spiro atoms. The maximum Gasteiger partial charge on any atom is 0.308 e. The molecule has 15 heteroatoms. The summed E-state index contributed by atoms with van der Waals surface area (Å²) in [5, 5.41) is 44.2. The number of hydrogen-bond acceptors (Lipinski definition) is 15. The highest BCUT2D eigenvalue weighted by molar-refractivity contribution is 5.91. The zero-order valence-corrected chi connectivity index (χ0v) is 33.2. The molecule has 0 amide bonds. The first-order valence-corrected chi connectivity index (χ1v) is 19.0. The van der Waals surface area contributed by atoms with Crippen molar-refractivity contribution >= 4 is 11.8 Å². The van der Waals surface area contributed by atoms with Gasteiger partial charge in [-0.25, -0.2) is 0 Å². The van der Waals surface area contributed by atoms with Crippen LogP contribution in [-0.2, 0) is 47.5 Å². The Morgan fingerprint density at radius 3 is 2.11 bits per heavy atom. The van der Waals surface area contributed by atoms with Crippen LogP contribution in [0.4, 0.5) is 0 Å². The molecule has 4 heterocycles. The molecule has 4 aliphatic heterocycles. The van der Waals surface area contributed by atoms with Crippen LogP contribution in [0.2, 0.25) is 0 Å². The number of epoxide rings is 1. The number of cyclic esters (lactones) is 1. The van der Waals surface area contributed by atoms with Crippen LogP contribution in [0.1, 0.15) is 67.7 Å². The van der Waals surface area contributed by atoms with Gasteiger partial charge in [0.25, 0.3) is 0 Å². The fourth-order valence-corrected chi connectivity index (χ4v) is 8.27. The number of aliphatic hydroxyl groups excluding tert-OH is 4.